The van der Waals surface area contributed by atoms with E-state index in [1.54, 1.807) is 0 Å². The van der Waals surface area contributed by atoms with Gasteiger partial charge in [0, 0.05) is 19.0 Å². The van der Waals surface area contributed by atoms with Crippen LogP contribution in [-0.2, 0) is 9.59 Å². The molecular formula is C15H29N3O2. The number of carbonyl (C=O) groups is 2. The highest BCUT2D eigenvalue weighted by molar-refractivity contribution is 5.86. The van der Waals surface area contributed by atoms with Crippen LogP contribution in [0.2, 0.25) is 0 Å². The number of amides is 2. The first kappa shape index (κ1) is 17.0. The second-order valence-electron chi connectivity index (χ2n) is 6.24. The van der Waals surface area contributed by atoms with Crippen molar-refractivity contribution in [1.82, 2.24) is 10.6 Å². The van der Waals surface area contributed by atoms with Crippen LogP contribution in [0.5, 0.6) is 0 Å². The number of hydrogen-bond acceptors (Lipinski definition) is 3. The lowest BCUT2D eigenvalue weighted by molar-refractivity contribution is -0.128. The minimum atomic E-state index is -0.745. The largest absolute Gasteiger partial charge is 0.354 e. The molecule has 1 aliphatic carbocycles. The maximum atomic E-state index is 12.2. The molecule has 0 aliphatic heterocycles. The predicted molar refractivity (Wildman–Crippen MR) is 80.1 cm³/mol. The molecule has 1 rings (SSSR count). The predicted octanol–water partition coefficient (Wildman–Crippen LogP) is 1.32. The summed E-state index contributed by atoms with van der Waals surface area (Å²) in [6.45, 7) is 6.48. The van der Waals surface area contributed by atoms with E-state index in [2.05, 4.69) is 17.6 Å². The first-order chi connectivity index (χ1) is 9.37. The summed E-state index contributed by atoms with van der Waals surface area (Å²) < 4.78 is 0. The fourth-order valence-electron chi connectivity index (χ4n) is 2.71. The van der Waals surface area contributed by atoms with Gasteiger partial charge in [0.05, 0.1) is 5.54 Å². The molecule has 0 radical (unpaired) electrons. The molecule has 20 heavy (non-hydrogen) atoms. The summed E-state index contributed by atoms with van der Waals surface area (Å²) in [5.74, 6) is 0.358. The Bertz CT molecular complexity index is 346. The molecular weight excluding hydrogens is 254 g/mol. The van der Waals surface area contributed by atoms with Gasteiger partial charge in [0.25, 0.3) is 0 Å². The summed E-state index contributed by atoms with van der Waals surface area (Å²) in [4.78, 5) is 23.8. The highest BCUT2D eigenvalue weighted by atomic mass is 16.2. The number of nitrogens with one attached hydrogen (secondary N) is 2. The maximum Gasteiger partial charge on any atom is 0.240 e. The standard InChI is InChI=1S/C15H29N3O2/c1-4-12(3)18-13(19)7-9-17-14(20)15(16)8-5-6-11(2)10-15/h11-12H,4-10,16H2,1-3H3,(H,17,20)(H,18,19). The molecule has 0 aromatic rings. The zero-order valence-corrected chi connectivity index (χ0v) is 13.0. The average molecular weight is 283 g/mol. The van der Waals surface area contributed by atoms with E-state index >= 15 is 0 Å². The topological polar surface area (TPSA) is 84.2 Å². The van der Waals surface area contributed by atoms with Crippen molar-refractivity contribution in [3.05, 3.63) is 0 Å². The Labute approximate surface area is 122 Å². The third kappa shape index (κ3) is 5.12. The van der Waals surface area contributed by atoms with E-state index < -0.39 is 5.54 Å². The van der Waals surface area contributed by atoms with Crippen LogP contribution in [0.3, 0.4) is 0 Å². The molecule has 3 unspecified atom stereocenters. The van der Waals surface area contributed by atoms with Gasteiger partial charge in [-0.3, -0.25) is 9.59 Å². The Morgan fingerprint density at radius 1 is 1.45 bits per heavy atom. The van der Waals surface area contributed by atoms with Crippen molar-refractivity contribution in [1.29, 1.82) is 0 Å². The van der Waals surface area contributed by atoms with E-state index in [0.717, 1.165) is 32.1 Å². The van der Waals surface area contributed by atoms with Crippen LogP contribution in [0.15, 0.2) is 0 Å². The van der Waals surface area contributed by atoms with Gasteiger partial charge in [-0.15, -0.1) is 0 Å². The van der Waals surface area contributed by atoms with Crippen LogP contribution < -0.4 is 16.4 Å². The summed E-state index contributed by atoms with van der Waals surface area (Å²) >= 11 is 0. The molecule has 0 aromatic heterocycles. The van der Waals surface area contributed by atoms with E-state index in [9.17, 15) is 9.59 Å². The maximum absolute atomic E-state index is 12.2. The lowest BCUT2D eigenvalue weighted by Crippen LogP contribution is -2.56. The van der Waals surface area contributed by atoms with Crippen LogP contribution in [-0.4, -0.2) is 29.9 Å². The van der Waals surface area contributed by atoms with Crippen molar-refractivity contribution >= 4 is 11.8 Å². The SMILES string of the molecule is CCC(C)NC(=O)CCNC(=O)C1(N)CCCC(C)C1. The average Bonchev–Trinajstić information content (AvgIpc) is 2.38. The molecule has 2 amide bonds. The Balaban J connectivity index is 2.30. The van der Waals surface area contributed by atoms with Crippen molar-refractivity contribution in [2.45, 2.75) is 70.9 Å². The van der Waals surface area contributed by atoms with Gasteiger partial charge in [0.15, 0.2) is 0 Å². The van der Waals surface area contributed by atoms with E-state index in [0.29, 0.717) is 18.9 Å². The third-order valence-electron chi connectivity index (χ3n) is 4.14. The summed E-state index contributed by atoms with van der Waals surface area (Å²) in [5.41, 5.74) is 5.45. The fourth-order valence-corrected chi connectivity index (χ4v) is 2.71. The van der Waals surface area contributed by atoms with Gasteiger partial charge in [-0.2, -0.15) is 0 Å². The molecule has 1 fully saturated rings. The van der Waals surface area contributed by atoms with Crippen LogP contribution in [0.1, 0.15) is 59.3 Å². The molecule has 0 bridgehead atoms. The van der Waals surface area contributed by atoms with E-state index in [1.807, 2.05) is 13.8 Å². The summed E-state index contributed by atoms with van der Waals surface area (Å²) in [5, 5.41) is 5.69. The van der Waals surface area contributed by atoms with E-state index in [-0.39, 0.29) is 17.9 Å². The van der Waals surface area contributed by atoms with Crippen LogP contribution >= 0.6 is 0 Å². The van der Waals surface area contributed by atoms with Crippen molar-refractivity contribution in [2.75, 3.05) is 6.54 Å². The van der Waals surface area contributed by atoms with Crippen molar-refractivity contribution in [2.24, 2.45) is 11.7 Å². The number of nitrogens with two attached hydrogens (primary N) is 1. The first-order valence-corrected chi connectivity index (χ1v) is 7.74. The van der Waals surface area contributed by atoms with E-state index in [1.165, 1.54) is 0 Å². The first-order valence-electron chi connectivity index (χ1n) is 7.74. The minimum Gasteiger partial charge on any atom is -0.354 e. The fraction of sp³-hybridized carbons (Fsp3) is 0.867. The van der Waals surface area contributed by atoms with Gasteiger partial charge < -0.3 is 16.4 Å². The quantitative estimate of drug-likeness (QED) is 0.687. The van der Waals surface area contributed by atoms with Crippen molar-refractivity contribution in [3.63, 3.8) is 0 Å². The monoisotopic (exact) mass is 283 g/mol. The zero-order chi connectivity index (χ0) is 15.2. The number of carbonyl (C=O) groups excluding carboxylic acids is 2. The van der Waals surface area contributed by atoms with Crippen LogP contribution in [0.25, 0.3) is 0 Å². The smallest absolute Gasteiger partial charge is 0.240 e. The zero-order valence-electron chi connectivity index (χ0n) is 13.0. The second kappa shape index (κ2) is 7.62. The van der Waals surface area contributed by atoms with Gasteiger partial charge in [-0.25, -0.2) is 0 Å². The van der Waals surface area contributed by atoms with Gasteiger partial charge in [-0.1, -0.05) is 26.7 Å². The van der Waals surface area contributed by atoms with Gasteiger partial charge in [-0.05, 0) is 32.1 Å². The van der Waals surface area contributed by atoms with Gasteiger partial charge in [0.2, 0.25) is 11.8 Å². The van der Waals surface area contributed by atoms with Gasteiger partial charge >= 0.3 is 0 Å². The lowest BCUT2D eigenvalue weighted by Gasteiger charge is -2.35. The molecule has 0 spiro atoms. The molecule has 3 atom stereocenters. The Morgan fingerprint density at radius 2 is 2.15 bits per heavy atom. The molecule has 1 saturated carbocycles. The molecule has 0 saturated heterocycles. The van der Waals surface area contributed by atoms with Crippen LogP contribution in [0, 0.1) is 5.92 Å². The Kier molecular flexibility index (Phi) is 6.46. The molecule has 0 aromatic carbocycles. The van der Waals surface area contributed by atoms with E-state index in [4.69, 9.17) is 5.73 Å². The lowest BCUT2D eigenvalue weighted by atomic mass is 9.76. The highest BCUT2D eigenvalue weighted by Gasteiger charge is 2.37. The molecule has 5 heteroatoms. The minimum absolute atomic E-state index is 0.0252. The Hall–Kier alpha value is -1.10. The van der Waals surface area contributed by atoms with Crippen molar-refractivity contribution in [3.8, 4) is 0 Å². The molecule has 5 nitrogen and oxygen atoms in total. The Morgan fingerprint density at radius 3 is 2.75 bits per heavy atom. The molecule has 1 aliphatic rings. The molecule has 0 heterocycles. The second-order valence-corrected chi connectivity index (χ2v) is 6.24. The molecule has 116 valence electrons. The summed E-state index contributed by atoms with van der Waals surface area (Å²) in [7, 11) is 0. The third-order valence-corrected chi connectivity index (χ3v) is 4.14. The number of hydrogen-bond donors (Lipinski definition) is 3. The summed E-state index contributed by atoms with van der Waals surface area (Å²) in [6.07, 6.45) is 4.83. The molecule has 4 N–H and O–H groups in total. The number of rotatable bonds is 6. The van der Waals surface area contributed by atoms with Gasteiger partial charge in [0.1, 0.15) is 0 Å². The van der Waals surface area contributed by atoms with Crippen molar-refractivity contribution < 1.29 is 9.59 Å². The summed E-state index contributed by atoms with van der Waals surface area (Å²) in [6, 6.07) is 0.179. The highest BCUT2D eigenvalue weighted by Crippen LogP contribution is 2.30. The normalized spacial score (nSPS) is 27.7. The van der Waals surface area contributed by atoms with Crippen LogP contribution in [0.4, 0.5) is 0 Å².